The Morgan fingerprint density at radius 3 is 2.42 bits per heavy atom. The third-order valence-corrected chi connectivity index (χ3v) is 6.93. The Morgan fingerprint density at radius 1 is 1.03 bits per heavy atom. The van der Waals surface area contributed by atoms with Gasteiger partial charge in [-0.05, 0) is 67.1 Å². The average molecular weight is 462 g/mol. The van der Waals surface area contributed by atoms with Crippen molar-refractivity contribution < 1.29 is 9.47 Å². The highest BCUT2D eigenvalue weighted by Crippen LogP contribution is 2.38. The first-order valence-electron chi connectivity index (χ1n) is 11.5. The summed E-state index contributed by atoms with van der Waals surface area (Å²) < 4.78 is 13.0. The van der Waals surface area contributed by atoms with Gasteiger partial charge in [0.2, 0.25) is 0 Å². The summed E-state index contributed by atoms with van der Waals surface area (Å²) in [4.78, 5) is 5.26. The quantitative estimate of drug-likeness (QED) is 0.334. The van der Waals surface area contributed by atoms with Crippen molar-refractivity contribution in [2.45, 2.75) is 39.2 Å². The van der Waals surface area contributed by atoms with E-state index < -0.39 is 0 Å². The molecule has 0 N–H and O–H groups in total. The molecule has 1 aliphatic rings. The minimum Gasteiger partial charge on any atom is -0.497 e. The van der Waals surface area contributed by atoms with E-state index in [0.29, 0.717) is 17.5 Å². The van der Waals surface area contributed by atoms with Gasteiger partial charge in [-0.1, -0.05) is 37.1 Å². The number of nitrogens with zero attached hydrogens (tertiary/aromatic N) is 3. The Balaban J connectivity index is 1.79. The fourth-order valence-electron chi connectivity index (χ4n) is 4.87. The Bertz CT molecular complexity index is 1280. The summed E-state index contributed by atoms with van der Waals surface area (Å²) >= 11 is 6.17. The third-order valence-electron chi connectivity index (χ3n) is 6.68. The Kier molecular flexibility index (Phi) is 6.09. The Labute approximate surface area is 199 Å². The molecule has 1 atom stereocenters. The molecule has 170 valence electrons. The van der Waals surface area contributed by atoms with Crippen LogP contribution in [0.15, 0.2) is 48.5 Å². The lowest BCUT2D eigenvalue weighted by Crippen LogP contribution is -2.19. The first kappa shape index (κ1) is 21.9. The first-order chi connectivity index (χ1) is 16.1. The highest BCUT2D eigenvalue weighted by atomic mass is 35.5. The van der Waals surface area contributed by atoms with Crippen LogP contribution in [-0.4, -0.2) is 28.8 Å². The number of halogens is 1. The number of aromatic nitrogens is 3. The predicted molar refractivity (Wildman–Crippen MR) is 132 cm³/mol. The normalized spacial score (nSPS) is 15.6. The zero-order valence-electron chi connectivity index (χ0n) is 19.3. The van der Waals surface area contributed by atoms with Gasteiger partial charge in [0, 0.05) is 29.0 Å². The van der Waals surface area contributed by atoms with E-state index >= 15 is 0 Å². The van der Waals surface area contributed by atoms with Crippen LogP contribution in [0.2, 0.25) is 5.02 Å². The van der Waals surface area contributed by atoms with Gasteiger partial charge >= 0.3 is 0 Å². The van der Waals surface area contributed by atoms with Gasteiger partial charge in [0.1, 0.15) is 5.75 Å². The fourth-order valence-corrected chi connectivity index (χ4v) is 5.00. The summed E-state index contributed by atoms with van der Waals surface area (Å²) in [5.74, 6) is 1.51. The maximum absolute atomic E-state index is 6.17. The number of ether oxygens (including phenoxy) is 2. The monoisotopic (exact) mass is 461 g/mol. The molecular weight excluding hydrogens is 434 g/mol. The first-order valence-corrected chi connectivity index (χ1v) is 11.8. The molecule has 0 saturated heterocycles. The number of aryl methyl sites for hydroxylation is 1. The minimum atomic E-state index is 0.422. The second-order valence-electron chi connectivity index (χ2n) is 8.63. The number of rotatable bonds is 6. The van der Waals surface area contributed by atoms with E-state index in [0.717, 1.165) is 52.3 Å². The van der Waals surface area contributed by atoms with Crippen LogP contribution in [0.1, 0.15) is 36.7 Å². The zero-order chi connectivity index (χ0) is 22.9. The highest BCUT2D eigenvalue weighted by Gasteiger charge is 2.27. The van der Waals surface area contributed by atoms with Gasteiger partial charge in [-0.25, -0.2) is 9.50 Å². The van der Waals surface area contributed by atoms with Crippen molar-refractivity contribution >= 4 is 17.2 Å². The molecule has 33 heavy (non-hydrogen) atoms. The molecule has 0 bridgehead atoms. The lowest BCUT2D eigenvalue weighted by molar-refractivity contribution is 0.181. The molecule has 4 aromatic rings. The van der Waals surface area contributed by atoms with Crippen LogP contribution in [0, 0.1) is 5.92 Å². The molecule has 5 nitrogen and oxygen atoms in total. The molecule has 0 unspecified atom stereocenters. The largest absolute Gasteiger partial charge is 0.497 e. The molecule has 0 radical (unpaired) electrons. The van der Waals surface area contributed by atoms with E-state index in [1.54, 1.807) is 14.2 Å². The maximum Gasteiger partial charge on any atom is 0.164 e. The van der Waals surface area contributed by atoms with Crippen molar-refractivity contribution in [1.82, 2.24) is 14.6 Å². The standard InChI is InChI=1S/C27H28ClN3O2/c1-4-17-5-14-24-22(15-17)26(19-8-12-21(33-3)13-9-19)29-27-25(18-6-10-20(28)11-7-18)23(16-32-2)30-31(24)27/h6-13,17H,4-5,14-16H2,1-3H3/t17-/m0/s1. The van der Waals surface area contributed by atoms with E-state index in [4.69, 9.17) is 31.2 Å². The van der Waals surface area contributed by atoms with Crippen LogP contribution in [0.25, 0.3) is 28.0 Å². The molecule has 2 aromatic heterocycles. The summed E-state index contributed by atoms with van der Waals surface area (Å²) in [6.45, 7) is 2.70. The van der Waals surface area contributed by atoms with E-state index in [1.165, 1.54) is 24.1 Å². The van der Waals surface area contributed by atoms with Gasteiger partial charge in [0.15, 0.2) is 5.65 Å². The topological polar surface area (TPSA) is 48.7 Å². The number of fused-ring (bicyclic) bond motifs is 3. The SMILES string of the molecule is CC[C@H]1CCc2c(c(-c3ccc(OC)cc3)nc3c(-c4ccc(Cl)cc4)c(COC)nn23)C1. The summed E-state index contributed by atoms with van der Waals surface area (Å²) in [6, 6.07) is 16.1. The highest BCUT2D eigenvalue weighted by molar-refractivity contribution is 6.30. The lowest BCUT2D eigenvalue weighted by atomic mass is 9.83. The van der Waals surface area contributed by atoms with Crippen LogP contribution < -0.4 is 4.74 Å². The van der Waals surface area contributed by atoms with Crippen molar-refractivity contribution in [1.29, 1.82) is 0 Å². The fraction of sp³-hybridized carbons (Fsp3) is 0.333. The molecule has 1 aliphatic carbocycles. The van der Waals surface area contributed by atoms with Gasteiger partial charge in [0.25, 0.3) is 0 Å². The van der Waals surface area contributed by atoms with Gasteiger partial charge < -0.3 is 9.47 Å². The van der Waals surface area contributed by atoms with Gasteiger partial charge in [-0.2, -0.15) is 5.10 Å². The van der Waals surface area contributed by atoms with Gasteiger partial charge in [0.05, 0.1) is 30.7 Å². The van der Waals surface area contributed by atoms with Crippen LogP contribution >= 0.6 is 11.6 Å². The van der Waals surface area contributed by atoms with Gasteiger partial charge in [-0.15, -0.1) is 0 Å². The molecular formula is C27H28ClN3O2. The maximum atomic E-state index is 6.17. The Hall–Kier alpha value is -2.89. The number of benzene rings is 2. The lowest BCUT2D eigenvalue weighted by Gasteiger charge is -2.26. The molecule has 2 heterocycles. The average Bonchev–Trinajstić information content (AvgIpc) is 3.22. The zero-order valence-corrected chi connectivity index (χ0v) is 20.0. The molecule has 0 fully saturated rings. The summed E-state index contributed by atoms with van der Waals surface area (Å²) in [6.07, 6.45) is 4.35. The van der Waals surface area contributed by atoms with E-state index in [2.05, 4.69) is 23.6 Å². The molecule has 5 rings (SSSR count). The Morgan fingerprint density at radius 2 is 1.76 bits per heavy atom. The smallest absolute Gasteiger partial charge is 0.164 e. The van der Waals surface area contributed by atoms with Crippen molar-refractivity contribution in [3.05, 3.63) is 70.5 Å². The molecule has 0 aliphatic heterocycles. The van der Waals surface area contributed by atoms with Crippen LogP contribution in [0.5, 0.6) is 5.75 Å². The van der Waals surface area contributed by atoms with E-state index in [1.807, 2.05) is 36.4 Å². The summed E-state index contributed by atoms with van der Waals surface area (Å²) in [5.41, 5.74) is 8.50. The third kappa shape index (κ3) is 4.00. The second kappa shape index (κ2) is 9.16. The van der Waals surface area contributed by atoms with Crippen LogP contribution in [-0.2, 0) is 24.2 Å². The molecule has 0 saturated carbocycles. The van der Waals surface area contributed by atoms with E-state index in [9.17, 15) is 0 Å². The minimum absolute atomic E-state index is 0.422. The van der Waals surface area contributed by atoms with Crippen LogP contribution in [0.4, 0.5) is 0 Å². The van der Waals surface area contributed by atoms with Crippen molar-refractivity contribution in [2.24, 2.45) is 5.92 Å². The molecule has 2 aromatic carbocycles. The second-order valence-corrected chi connectivity index (χ2v) is 9.06. The van der Waals surface area contributed by atoms with Crippen molar-refractivity contribution in [3.63, 3.8) is 0 Å². The predicted octanol–water partition coefficient (Wildman–Crippen LogP) is 6.39. The van der Waals surface area contributed by atoms with Crippen LogP contribution in [0.3, 0.4) is 0 Å². The molecule has 0 amide bonds. The number of methoxy groups -OCH3 is 2. The van der Waals surface area contributed by atoms with Crippen molar-refractivity contribution in [2.75, 3.05) is 14.2 Å². The molecule has 0 spiro atoms. The number of hydrogen-bond acceptors (Lipinski definition) is 4. The molecule has 6 heteroatoms. The van der Waals surface area contributed by atoms with Crippen molar-refractivity contribution in [3.8, 4) is 28.1 Å². The summed E-state index contributed by atoms with van der Waals surface area (Å²) in [7, 11) is 3.39. The van der Waals surface area contributed by atoms with E-state index in [-0.39, 0.29) is 0 Å². The summed E-state index contributed by atoms with van der Waals surface area (Å²) in [5, 5.41) is 5.71. The number of hydrogen-bond donors (Lipinski definition) is 0. The van der Waals surface area contributed by atoms with Gasteiger partial charge in [-0.3, -0.25) is 0 Å².